The molecule has 1 aromatic heterocycles. The molecule has 0 radical (unpaired) electrons. The van der Waals surface area contributed by atoms with E-state index in [-0.39, 0.29) is 5.91 Å². The number of hydrazone groups is 1. The summed E-state index contributed by atoms with van der Waals surface area (Å²) < 4.78 is 0. The van der Waals surface area contributed by atoms with E-state index in [1.165, 1.54) is 5.56 Å². The maximum Gasteiger partial charge on any atom is 0.273 e. The van der Waals surface area contributed by atoms with Crippen LogP contribution < -0.4 is 5.43 Å². The third-order valence-electron chi connectivity index (χ3n) is 3.64. The lowest BCUT2D eigenvalue weighted by Crippen LogP contribution is -2.14. The molecule has 1 aliphatic heterocycles. The summed E-state index contributed by atoms with van der Waals surface area (Å²) in [6, 6.07) is 14.1. The average Bonchev–Trinajstić information content (AvgIpc) is 3.13. The van der Waals surface area contributed by atoms with Crippen molar-refractivity contribution in [3.8, 4) is 0 Å². The van der Waals surface area contributed by atoms with Crippen LogP contribution in [0.15, 0.2) is 59.3 Å². The van der Waals surface area contributed by atoms with Crippen LogP contribution in [-0.4, -0.2) is 16.6 Å². The van der Waals surface area contributed by atoms with E-state index in [0.29, 0.717) is 11.5 Å². The zero-order valence-electron chi connectivity index (χ0n) is 11.8. The van der Waals surface area contributed by atoms with Gasteiger partial charge in [-0.25, -0.2) is 5.43 Å². The van der Waals surface area contributed by atoms with E-state index < -0.39 is 0 Å². The number of H-pyrrole nitrogens is 1. The Kier molecular flexibility index (Phi) is 3.69. The van der Waals surface area contributed by atoms with Gasteiger partial charge in [-0.2, -0.15) is 5.10 Å². The molecule has 1 aromatic carbocycles. The van der Waals surface area contributed by atoms with E-state index in [2.05, 4.69) is 34.6 Å². The molecule has 106 valence electrons. The van der Waals surface area contributed by atoms with Crippen LogP contribution >= 0.6 is 0 Å². The topological polar surface area (TPSA) is 57.2 Å². The number of hydrogen-bond acceptors (Lipinski definition) is 2. The Morgan fingerprint density at radius 2 is 2.00 bits per heavy atom. The molecule has 0 saturated carbocycles. The molecule has 21 heavy (non-hydrogen) atoms. The summed E-state index contributed by atoms with van der Waals surface area (Å²) in [5.74, 6) is 0.171. The average molecular weight is 279 g/mol. The molecule has 1 amide bonds. The molecule has 0 bridgehead atoms. The van der Waals surface area contributed by atoms with Crippen molar-refractivity contribution in [2.24, 2.45) is 5.10 Å². The zero-order chi connectivity index (χ0) is 14.7. The Hall–Kier alpha value is -2.62. The van der Waals surface area contributed by atoms with Crippen molar-refractivity contribution < 1.29 is 4.79 Å². The number of aromatic nitrogens is 1. The van der Waals surface area contributed by atoms with Gasteiger partial charge in [0, 0.05) is 11.9 Å². The molecule has 4 nitrogen and oxygen atoms in total. The van der Waals surface area contributed by atoms with Crippen molar-refractivity contribution in [3.05, 3.63) is 65.5 Å². The van der Waals surface area contributed by atoms with Crippen LogP contribution in [0.25, 0.3) is 6.08 Å². The molecule has 2 heterocycles. The van der Waals surface area contributed by atoms with Crippen LogP contribution in [0, 0.1) is 0 Å². The zero-order valence-corrected chi connectivity index (χ0v) is 11.8. The molecular weight excluding hydrogens is 262 g/mol. The van der Waals surface area contributed by atoms with Crippen molar-refractivity contribution in [1.29, 1.82) is 0 Å². The minimum atomic E-state index is -0.139. The summed E-state index contributed by atoms with van der Waals surface area (Å²) in [4.78, 5) is 15.0. The van der Waals surface area contributed by atoms with Crippen LogP contribution in [-0.2, 0) is 4.79 Å². The number of carbonyl (C=O) groups excluding carboxylic acids is 1. The highest BCUT2D eigenvalue weighted by atomic mass is 16.2. The Morgan fingerprint density at radius 1 is 1.19 bits per heavy atom. The van der Waals surface area contributed by atoms with Crippen molar-refractivity contribution in [2.45, 2.75) is 19.3 Å². The smallest absolute Gasteiger partial charge is 0.273 e. The van der Waals surface area contributed by atoms with E-state index in [1.54, 1.807) is 0 Å². The van der Waals surface area contributed by atoms with Gasteiger partial charge in [-0.1, -0.05) is 37.3 Å². The Balaban J connectivity index is 1.80. The van der Waals surface area contributed by atoms with Crippen molar-refractivity contribution in [1.82, 2.24) is 10.4 Å². The lowest BCUT2D eigenvalue weighted by molar-refractivity contribution is -0.116. The summed E-state index contributed by atoms with van der Waals surface area (Å²) in [5, 5.41) is 4.18. The quantitative estimate of drug-likeness (QED) is 0.830. The number of aromatic amines is 1. The summed E-state index contributed by atoms with van der Waals surface area (Å²) in [7, 11) is 0. The summed E-state index contributed by atoms with van der Waals surface area (Å²) >= 11 is 0. The SMILES string of the molecule is CC(CC1=NNC(=O)C1=Cc1ccc[nH]1)c1ccccc1. The first-order chi connectivity index (χ1) is 10.2. The van der Waals surface area contributed by atoms with Gasteiger partial charge in [-0.05, 0) is 36.1 Å². The van der Waals surface area contributed by atoms with E-state index in [1.807, 2.05) is 42.6 Å². The fourth-order valence-corrected chi connectivity index (χ4v) is 2.45. The molecule has 4 heteroatoms. The third kappa shape index (κ3) is 2.94. The predicted molar refractivity (Wildman–Crippen MR) is 83.8 cm³/mol. The number of amides is 1. The number of rotatable bonds is 4. The Labute approximate surface area is 123 Å². The molecule has 0 fully saturated rings. The van der Waals surface area contributed by atoms with Crippen molar-refractivity contribution in [2.75, 3.05) is 0 Å². The highest BCUT2D eigenvalue weighted by Gasteiger charge is 2.24. The Bertz CT molecular complexity index is 684. The Morgan fingerprint density at radius 3 is 2.71 bits per heavy atom. The molecule has 2 aromatic rings. The van der Waals surface area contributed by atoms with Gasteiger partial charge < -0.3 is 4.98 Å². The highest BCUT2D eigenvalue weighted by Crippen LogP contribution is 2.23. The van der Waals surface area contributed by atoms with Crippen LogP contribution in [0.3, 0.4) is 0 Å². The monoisotopic (exact) mass is 279 g/mol. The molecule has 0 spiro atoms. The summed E-state index contributed by atoms with van der Waals surface area (Å²) in [6.07, 6.45) is 4.41. The molecule has 3 rings (SSSR count). The van der Waals surface area contributed by atoms with Crippen molar-refractivity contribution in [3.63, 3.8) is 0 Å². The molecule has 1 atom stereocenters. The number of carbonyl (C=O) groups is 1. The fourth-order valence-electron chi connectivity index (χ4n) is 2.45. The van der Waals surface area contributed by atoms with Crippen LogP contribution in [0.1, 0.15) is 30.5 Å². The van der Waals surface area contributed by atoms with Crippen LogP contribution in [0.5, 0.6) is 0 Å². The van der Waals surface area contributed by atoms with Gasteiger partial charge in [0.05, 0.1) is 11.3 Å². The van der Waals surface area contributed by atoms with Gasteiger partial charge in [-0.15, -0.1) is 0 Å². The van der Waals surface area contributed by atoms with Gasteiger partial charge in [0.15, 0.2) is 0 Å². The van der Waals surface area contributed by atoms with E-state index in [4.69, 9.17) is 0 Å². The van der Waals surface area contributed by atoms with Gasteiger partial charge in [0.2, 0.25) is 0 Å². The third-order valence-corrected chi connectivity index (χ3v) is 3.64. The fraction of sp³-hybridized carbons (Fsp3) is 0.176. The molecular formula is C17H17N3O. The second-order valence-electron chi connectivity index (χ2n) is 5.20. The second kappa shape index (κ2) is 5.79. The van der Waals surface area contributed by atoms with E-state index >= 15 is 0 Å². The molecule has 0 aliphatic carbocycles. The summed E-state index contributed by atoms with van der Waals surface area (Å²) in [5.41, 5.74) is 6.16. The van der Waals surface area contributed by atoms with Gasteiger partial charge >= 0.3 is 0 Å². The van der Waals surface area contributed by atoms with E-state index in [9.17, 15) is 4.79 Å². The standard InChI is InChI=1S/C17H17N3O/c1-12(13-6-3-2-4-7-13)10-16-15(17(21)20-19-16)11-14-8-5-9-18-14/h2-9,11-12,18H,10H2,1H3,(H,20,21). The lowest BCUT2D eigenvalue weighted by atomic mass is 9.92. The molecule has 0 saturated heterocycles. The minimum absolute atomic E-state index is 0.139. The van der Waals surface area contributed by atoms with Gasteiger partial charge in [0.25, 0.3) is 5.91 Å². The number of nitrogens with zero attached hydrogens (tertiary/aromatic N) is 1. The predicted octanol–water partition coefficient (Wildman–Crippen LogP) is 3.08. The van der Waals surface area contributed by atoms with Gasteiger partial charge in [0.1, 0.15) is 0 Å². The largest absolute Gasteiger partial charge is 0.362 e. The minimum Gasteiger partial charge on any atom is -0.362 e. The lowest BCUT2D eigenvalue weighted by Gasteiger charge is -2.11. The molecule has 1 unspecified atom stereocenters. The first kappa shape index (κ1) is 13.4. The van der Waals surface area contributed by atoms with Crippen LogP contribution in [0.4, 0.5) is 0 Å². The number of nitrogens with one attached hydrogen (secondary N) is 2. The van der Waals surface area contributed by atoms with Gasteiger partial charge in [-0.3, -0.25) is 4.79 Å². The number of benzene rings is 1. The molecule has 1 aliphatic rings. The van der Waals surface area contributed by atoms with Crippen molar-refractivity contribution >= 4 is 17.7 Å². The maximum atomic E-state index is 11.9. The highest BCUT2D eigenvalue weighted by molar-refractivity contribution is 6.27. The first-order valence-electron chi connectivity index (χ1n) is 7.01. The summed E-state index contributed by atoms with van der Waals surface area (Å²) in [6.45, 7) is 2.15. The van der Waals surface area contributed by atoms with E-state index in [0.717, 1.165) is 17.8 Å². The number of hydrogen-bond donors (Lipinski definition) is 2. The second-order valence-corrected chi connectivity index (χ2v) is 5.20. The normalized spacial score (nSPS) is 17.7. The maximum absolute atomic E-state index is 11.9. The van der Waals surface area contributed by atoms with Crippen LogP contribution in [0.2, 0.25) is 0 Å². The first-order valence-corrected chi connectivity index (χ1v) is 7.01. The molecule has 2 N–H and O–H groups in total.